The van der Waals surface area contributed by atoms with Crippen LogP contribution in [0.2, 0.25) is 5.02 Å². The van der Waals surface area contributed by atoms with Crippen LogP contribution in [0.5, 0.6) is 0 Å². The predicted molar refractivity (Wildman–Crippen MR) is 102 cm³/mol. The lowest BCUT2D eigenvalue weighted by Crippen LogP contribution is -2.47. The molecule has 0 bridgehead atoms. The standard InChI is InChI=1S/C18H23ClN4O2S/c1-2-17-21-22-18(25-17)26-12-16(24)20-15-4-3-9-23(11-15)10-13-5-7-14(19)8-6-13/h5-8,15H,2-4,9-12H2,1H3,(H,20,24)/t15-/m1/s1. The van der Waals surface area contributed by atoms with E-state index in [-0.39, 0.29) is 11.9 Å². The summed E-state index contributed by atoms with van der Waals surface area (Å²) in [5.74, 6) is 0.890. The van der Waals surface area contributed by atoms with Crippen molar-refractivity contribution in [3.63, 3.8) is 0 Å². The fourth-order valence-electron chi connectivity index (χ4n) is 3.00. The highest BCUT2D eigenvalue weighted by Crippen LogP contribution is 2.18. The van der Waals surface area contributed by atoms with E-state index in [0.717, 1.165) is 37.5 Å². The number of rotatable bonds is 7. The second kappa shape index (κ2) is 9.39. The zero-order valence-electron chi connectivity index (χ0n) is 14.8. The third-order valence-electron chi connectivity index (χ3n) is 4.27. The Morgan fingerprint density at radius 1 is 1.38 bits per heavy atom. The van der Waals surface area contributed by atoms with E-state index >= 15 is 0 Å². The molecule has 1 aromatic carbocycles. The Labute approximate surface area is 162 Å². The van der Waals surface area contributed by atoms with Crippen molar-refractivity contribution < 1.29 is 9.21 Å². The quantitative estimate of drug-likeness (QED) is 0.727. The molecule has 1 aliphatic rings. The van der Waals surface area contributed by atoms with Crippen LogP contribution in [0, 0.1) is 0 Å². The van der Waals surface area contributed by atoms with Gasteiger partial charge in [-0.3, -0.25) is 9.69 Å². The summed E-state index contributed by atoms with van der Waals surface area (Å²) in [6.07, 6.45) is 2.79. The van der Waals surface area contributed by atoms with Gasteiger partial charge in [-0.25, -0.2) is 0 Å². The Morgan fingerprint density at radius 2 is 2.19 bits per heavy atom. The number of aryl methyl sites for hydroxylation is 1. The van der Waals surface area contributed by atoms with Crippen molar-refractivity contribution in [1.29, 1.82) is 0 Å². The molecule has 8 heteroatoms. The normalized spacial score (nSPS) is 18.0. The third kappa shape index (κ3) is 5.72. The predicted octanol–water partition coefficient (Wildman–Crippen LogP) is 3.16. The molecule has 1 atom stereocenters. The van der Waals surface area contributed by atoms with Gasteiger partial charge >= 0.3 is 0 Å². The number of hydrogen-bond donors (Lipinski definition) is 1. The zero-order valence-corrected chi connectivity index (χ0v) is 16.4. The second-order valence-electron chi connectivity index (χ2n) is 6.37. The van der Waals surface area contributed by atoms with Gasteiger partial charge in [0.05, 0.1) is 5.75 Å². The van der Waals surface area contributed by atoms with Gasteiger partial charge in [0.2, 0.25) is 11.8 Å². The average molecular weight is 395 g/mol. The minimum absolute atomic E-state index is 0.00425. The maximum atomic E-state index is 12.2. The first-order valence-electron chi connectivity index (χ1n) is 8.83. The molecule has 0 spiro atoms. The van der Waals surface area contributed by atoms with Crippen LogP contribution in [0.25, 0.3) is 0 Å². The topological polar surface area (TPSA) is 71.3 Å². The van der Waals surface area contributed by atoms with E-state index in [1.807, 2.05) is 19.1 Å². The number of amides is 1. The molecule has 140 valence electrons. The van der Waals surface area contributed by atoms with Gasteiger partial charge in [-0.05, 0) is 37.1 Å². The molecule has 2 heterocycles. The summed E-state index contributed by atoms with van der Waals surface area (Å²) in [5, 5.41) is 12.1. The number of halogens is 1. The molecule has 0 unspecified atom stereocenters. The minimum Gasteiger partial charge on any atom is -0.416 e. The molecule has 3 rings (SSSR count). The highest BCUT2D eigenvalue weighted by atomic mass is 35.5. The molecule has 1 aliphatic heterocycles. The number of benzene rings is 1. The van der Waals surface area contributed by atoms with Crippen LogP contribution in [-0.2, 0) is 17.8 Å². The van der Waals surface area contributed by atoms with Gasteiger partial charge in [-0.15, -0.1) is 10.2 Å². The largest absolute Gasteiger partial charge is 0.416 e. The monoisotopic (exact) mass is 394 g/mol. The van der Waals surface area contributed by atoms with Crippen molar-refractivity contribution >= 4 is 29.3 Å². The Balaban J connectivity index is 1.43. The maximum absolute atomic E-state index is 12.2. The Bertz CT molecular complexity index is 722. The van der Waals surface area contributed by atoms with Crippen molar-refractivity contribution in [3.8, 4) is 0 Å². The lowest BCUT2D eigenvalue weighted by atomic mass is 10.0. The van der Waals surface area contributed by atoms with E-state index in [2.05, 4.69) is 32.5 Å². The number of aromatic nitrogens is 2. The van der Waals surface area contributed by atoms with Gasteiger partial charge < -0.3 is 9.73 Å². The molecular weight excluding hydrogens is 372 g/mol. The number of carbonyl (C=O) groups is 1. The number of nitrogens with one attached hydrogen (secondary N) is 1. The number of hydrogen-bond acceptors (Lipinski definition) is 6. The van der Waals surface area contributed by atoms with E-state index in [9.17, 15) is 4.79 Å². The highest BCUT2D eigenvalue weighted by Gasteiger charge is 2.21. The average Bonchev–Trinajstić information content (AvgIpc) is 3.10. The highest BCUT2D eigenvalue weighted by molar-refractivity contribution is 7.99. The lowest BCUT2D eigenvalue weighted by Gasteiger charge is -2.33. The summed E-state index contributed by atoms with van der Waals surface area (Å²) in [6.45, 7) is 4.73. The summed E-state index contributed by atoms with van der Waals surface area (Å²) in [5.41, 5.74) is 1.24. The smallest absolute Gasteiger partial charge is 0.277 e. The molecule has 6 nitrogen and oxygen atoms in total. The summed E-state index contributed by atoms with van der Waals surface area (Å²) in [7, 11) is 0. The van der Waals surface area contributed by atoms with Crippen molar-refractivity contribution in [2.45, 2.75) is 44.0 Å². The van der Waals surface area contributed by atoms with Crippen LogP contribution in [0.3, 0.4) is 0 Å². The van der Waals surface area contributed by atoms with E-state index < -0.39 is 0 Å². The van der Waals surface area contributed by atoms with Crippen molar-refractivity contribution in [3.05, 3.63) is 40.7 Å². The Hall–Kier alpha value is -1.57. The molecule has 1 saturated heterocycles. The number of thioether (sulfide) groups is 1. The Morgan fingerprint density at radius 3 is 2.92 bits per heavy atom. The number of piperidine rings is 1. The molecule has 26 heavy (non-hydrogen) atoms. The van der Waals surface area contributed by atoms with E-state index in [1.54, 1.807) is 0 Å². The van der Waals surface area contributed by atoms with Crippen molar-refractivity contribution in [1.82, 2.24) is 20.4 Å². The molecule has 1 fully saturated rings. The van der Waals surface area contributed by atoms with Crippen LogP contribution in [0.1, 0.15) is 31.2 Å². The van der Waals surface area contributed by atoms with E-state index in [0.29, 0.717) is 23.3 Å². The van der Waals surface area contributed by atoms with Gasteiger partial charge in [-0.1, -0.05) is 42.4 Å². The van der Waals surface area contributed by atoms with E-state index in [1.165, 1.54) is 17.3 Å². The molecule has 0 radical (unpaired) electrons. The molecular formula is C18H23ClN4O2S. The number of nitrogens with zero attached hydrogens (tertiary/aromatic N) is 3. The fourth-order valence-corrected chi connectivity index (χ4v) is 3.72. The van der Waals surface area contributed by atoms with Crippen LogP contribution < -0.4 is 5.32 Å². The minimum atomic E-state index is 0.00425. The van der Waals surface area contributed by atoms with Crippen molar-refractivity contribution in [2.24, 2.45) is 0 Å². The molecule has 1 N–H and O–H groups in total. The maximum Gasteiger partial charge on any atom is 0.277 e. The zero-order chi connectivity index (χ0) is 18.4. The molecule has 1 amide bonds. The summed E-state index contributed by atoms with van der Waals surface area (Å²) < 4.78 is 5.41. The molecule has 1 aromatic heterocycles. The second-order valence-corrected chi connectivity index (χ2v) is 7.74. The molecule has 0 saturated carbocycles. The fraction of sp³-hybridized carbons (Fsp3) is 0.500. The first-order chi connectivity index (χ1) is 12.6. The van der Waals surface area contributed by atoms with Crippen LogP contribution in [0.15, 0.2) is 33.9 Å². The number of carbonyl (C=O) groups excluding carboxylic acids is 1. The first-order valence-corrected chi connectivity index (χ1v) is 10.2. The van der Waals surface area contributed by atoms with Gasteiger partial charge in [0.25, 0.3) is 5.22 Å². The summed E-state index contributed by atoms with van der Waals surface area (Å²) in [6, 6.07) is 8.11. The van der Waals surface area contributed by atoms with Gasteiger partial charge in [-0.2, -0.15) is 0 Å². The van der Waals surface area contributed by atoms with Crippen molar-refractivity contribution in [2.75, 3.05) is 18.8 Å². The lowest BCUT2D eigenvalue weighted by molar-refractivity contribution is -0.119. The third-order valence-corrected chi connectivity index (χ3v) is 5.34. The first kappa shape index (κ1) is 19.2. The van der Waals surface area contributed by atoms with E-state index in [4.69, 9.17) is 16.0 Å². The van der Waals surface area contributed by atoms with Crippen LogP contribution in [-0.4, -0.2) is 45.9 Å². The summed E-state index contributed by atoms with van der Waals surface area (Å²) in [4.78, 5) is 14.6. The van der Waals surface area contributed by atoms with Gasteiger partial charge in [0.15, 0.2) is 0 Å². The van der Waals surface area contributed by atoms with Gasteiger partial charge in [0, 0.05) is 30.6 Å². The molecule has 2 aromatic rings. The van der Waals surface area contributed by atoms with Crippen LogP contribution >= 0.6 is 23.4 Å². The van der Waals surface area contributed by atoms with Crippen LogP contribution in [0.4, 0.5) is 0 Å². The Kier molecular flexibility index (Phi) is 6.93. The number of likely N-dealkylation sites (tertiary alicyclic amines) is 1. The summed E-state index contributed by atoms with van der Waals surface area (Å²) >= 11 is 7.22. The SMILES string of the molecule is CCc1nnc(SCC(=O)N[C@@H]2CCCN(Cc3ccc(Cl)cc3)C2)o1. The van der Waals surface area contributed by atoms with Gasteiger partial charge in [0.1, 0.15) is 0 Å². The molecule has 0 aliphatic carbocycles.